The smallest absolute Gasteiger partial charge is 0.244 e. The minimum absolute atomic E-state index is 0.0834. The van der Waals surface area contributed by atoms with E-state index in [0.29, 0.717) is 24.6 Å². The van der Waals surface area contributed by atoms with Gasteiger partial charge in [0.15, 0.2) is 0 Å². The first kappa shape index (κ1) is 15.6. The standard InChI is InChI=1S/C15H13F4N3O/c1-3-8-6-7(2)21-22-13(8)11-10(20-14(22)23)5-4-9(12(11)16)15(17,18)19/h4-5,8H,3,6H2,1-2H3. The maximum Gasteiger partial charge on any atom is 0.419 e. The molecule has 1 aromatic carbocycles. The van der Waals surface area contributed by atoms with Crippen LogP contribution in [0.15, 0.2) is 22.0 Å². The van der Waals surface area contributed by atoms with Gasteiger partial charge < -0.3 is 0 Å². The largest absolute Gasteiger partial charge is 0.419 e. The molecule has 2 heterocycles. The number of hydrogen-bond donors (Lipinski definition) is 0. The van der Waals surface area contributed by atoms with E-state index in [9.17, 15) is 22.4 Å². The summed E-state index contributed by atoms with van der Waals surface area (Å²) < 4.78 is 54.4. The summed E-state index contributed by atoms with van der Waals surface area (Å²) in [5.41, 5.74) is -1.35. The van der Waals surface area contributed by atoms with Crippen LogP contribution in [0.3, 0.4) is 0 Å². The number of hydrogen-bond acceptors (Lipinski definition) is 3. The van der Waals surface area contributed by atoms with Gasteiger partial charge in [0, 0.05) is 11.6 Å². The van der Waals surface area contributed by atoms with Crippen molar-refractivity contribution >= 4 is 16.6 Å². The van der Waals surface area contributed by atoms with Gasteiger partial charge in [0.05, 0.1) is 22.2 Å². The number of nitrogens with zero attached hydrogens (tertiary/aromatic N) is 3. The van der Waals surface area contributed by atoms with E-state index in [1.807, 2.05) is 6.92 Å². The third-order valence-electron chi connectivity index (χ3n) is 4.00. The molecule has 1 unspecified atom stereocenters. The van der Waals surface area contributed by atoms with Crippen LogP contribution in [-0.4, -0.2) is 15.4 Å². The number of aromatic nitrogens is 2. The van der Waals surface area contributed by atoms with Crippen LogP contribution in [0.2, 0.25) is 0 Å². The van der Waals surface area contributed by atoms with Gasteiger partial charge in [0.2, 0.25) is 0 Å². The van der Waals surface area contributed by atoms with Gasteiger partial charge in [-0.15, -0.1) is 0 Å². The van der Waals surface area contributed by atoms with Crippen molar-refractivity contribution in [3.63, 3.8) is 0 Å². The summed E-state index contributed by atoms with van der Waals surface area (Å²) >= 11 is 0. The van der Waals surface area contributed by atoms with E-state index < -0.39 is 23.2 Å². The lowest BCUT2D eigenvalue weighted by molar-refractivity contribution is -0.139. The normalized spacial score (nSPS) is 18.0. The molecule has 3 rings (SSSR count). The fraction of sp³-hybridized carbons (Fsp3) is 0.400. The molecule has 1 aliphatic rings. The fourth-order valence-electron chi connectivity index (χ4n) is 2.96. The molecule has 1 atom stereocenters. The first-order chi connectivity index (χ1) is 10.7. The molecular weight excluding hydrogens is 314 g/mol. The zero-order chi connectivity index (χ0) is 16.9. The minimum Gasteiger partial charge on any atom is -0.244 e. The summed E-state index contributed by atoms with van der Waals surface area (Å²) in [5, 5.41) is 3.76. The molecule has 0 fully saturated rings. The predicted octanol–water partition coefficient (Wildman–Crippen LogP) is 3.68. The summed E-state index contributed by atoms with van der Waals surface area (Å²) in [5.74, 6) is -1.69. The maximum absolute atomic E-state index is 14.6. The van der Waals surface area contributed by atoms with E-state index in [1.165, 1.54) is 0 Å². The molecule has 23 heavy (non-hydrogen) atoms. The Balaban J connectivity index is 2.48. The van der Waals surface area contributed by atoms with Crippen LogP contribution >= 0.6 is 0 Å². The number of halogens is 4. The van der Waals surface area contributed by atoms with Crippen molar-refractivity contribution in [1.29, 1.82) is 0 Å². The monoisotopic (exact) mass is 327 g/mol. The average Bonchev–Trinajstić information content (AvgIpc) is 2.45. The summed E-state index contributed by atoms with van der Waals surface area (Å²) in [6, 6.07) is 1.64. The molecule has 0 saturated carbocycles. The summed E-state index contributed by atoms with van der Waals surface area (Å²) in [6.07, 6.45) is -3.81. The van der Waals surface area contributed by atoms with Crippen LogP contribution in [0.4, 0.5) is 17.6 Å². The van der Waals surface area contributed by atoms with Crippen molar-refractivity contribution in [2.45, 2.75) is 38.8 Å². The van der Waals surface area contributed by atoms with E-state index in [-0.39, 0.29) is 22.5 Å². The highest BCUT2D eigenvalue weighted by atomic mass is 19.4. The van der Waals surface area contributed by atoms with E-state index in [2.05, 4.69) is 10.1 Å². The Kier molecular flexibility index (Phi) is 3.50. The molecule has 0 aliphatic carbocycles. The Morgan fingerprint density at radius 3 is 2.65 bits per heavy atom. The van der Waals surface area contributed by atoms with E-state index in [4.69, 9.17) is 0 Å². The van der Waals surface area contributed by atoms with Crippen LogP contribution in [0.5, 0.6) is 0 Å². The Morgan fingerprint density at radius 1 is 1.35 bits per heavy atom. The molecule has 0 spiro atoms. The highest BCUT2D eigenvalue weighted by molar-refractivity contribution is 5.88. The van der Waals surface area contributed by atoms with E-state index in [0.717, 1.165) is 10.7 Å². The van der Waals surface area contributed by atoms with E-state index >= 15 is 0 Å². The summed E-state index contributed by atoms with van der Waals surface area (Å²) in [6.45, 7) is 3.54. The molecule has 1 aliphatic heterocycles. The number of benzene rings is 1. The van der Waals surface area contributed by atoms with Crippen molar-refractivity contribution in [3.05, 3.63) is 39.7 Å². The molecule has 2 aromatic rings. The lowest BCUT2D eigenvalue weighted by atomic mass is 9.91. The van der Waals surface area contributed by atoms with Gasteiger partial charge in [-0.05, 0) is 31.9 Å². The second kappa shape index (κ2) is 5.14. The zero-order valence-electron chi connectivity index (χ0n) is 12.4. The van der Waals surface area contributed by atoms with Crippen LogP contribution in [0, 0.1) is 5.82 Å². The fourth-order valence-corrected chi connectivity index (χ4v) is 2.96. The Bertz CT molecular complexity index is 883. The van der Waals surface area contributed by atoms with Crippen molar-refractivity contribution in [1.82, 2.24) is 9.66 Å². The van der Waals surface area contributed by atoms with Crippen molar-refractivity contribution in [2.24, 2.45) is 5.10 Å². The SMILES string of the molecule is CCC1CC(C)=Nn2c1c1c(F)c(C(F)(F)F)ccc1nc2=O. The summed E-state index contributed by atoms with van der Waals surface area (Å²) in [7, 11) is 0. The molecule has 0 N–H and O–H groups in total. The molecule has 0 amide bonds. The Labute approximate surface area is 128 Å². The quantitative estimate of drug-likeness (QED) is 0.750. The minimum atomic E-state index is -4.82. The van der Waals surface area contributed by atoms with Gasteiger partial charge in [-0.3, -0.25) is 0 Å². The molecule has 8 heteroatoms. The number of fused-ring (bicyclic) bond motifs is 3. The molecule has 4 nitrogen and oxygen atoms in total. The lowest BCUT2D eigenvalue weighted by Crippen LogP contribution is -2.30. The molecular formula is C15H13F4N3O. The second-order valence-corrected chi connectivity index (χ2v) is 5.55. The third kappa shape index (κ3) is 2.42. The van der Waals surface area contributed by atoms with E-state index in [1.54, 1.807) is 6.92 Å². The predicted molar refractivity (Wildman–Crippen MR) is 77.1 cm³/mol. The lowest BCUT2D eigenvalue weighted by Gasteiger charge is -2.25. The second-order valence-electron chi connectivity index (χ2n) is 5.55. The van der Waals surface area contributed by atoms with Crippen molar-refractivity contribution in [3.8, 4) is 0 Å². The van der Waals surface area contributed by atoms with Crippen molar-refractivity contribution in [2.75, 3.05) is 0 Å². The molecule has 0 radical (unpaired) electrons. The molecule has 122 valence electrons. The maximum atomic E-state index is 14.6. The van der Waals surface area contributed by atoms with Gasteiger partial charge in [0.1, 0.15) is 5.82 Å². The highest BCUT2D eigenvalue weighted by Crippen LogP contribution is 2.38. The topological polar surface area (TPSA) is 47.2 Å². The molecule has 0 saturated heterocycles. The number of alkyl halides is 3. The van der Waals surface area contributed by atoms with Gasteiger partial charge in [-0.2, -0.15) is 27.9 Å². The molecule has 1 aromatic heterocycles. The average molecular weight is 327 g/mol. The van der Waals surface area contributed by atoms with Gasteiger partial charge in [-0.1, -0.05) is 6.92 Å². The first-order valence-electron chi connectivity index (χ1n) is 7.10. The summed E-state index contributed by atoms with van der Waals surface area (Å²) in [4.78, 5) is 15.7. The zero-order valence-corrected chi connectivity index (χ0v) is 12.4. The van der Waals surface area contributed by atoms with Crippen molar-refractivity contribution < 1.29 is 17.6 Å². The Morgan fingerprint density at radius 2 is 2.04 bits per heavy atom. The van der Waals surface area contributed by atoms with Gasteiger partial charge in [0.25, 0.3) is 0 Å². The van der Waals surface area contributed by atoms with Crippen LogP contribution in [0.1, 0.15) is 43.9 Å². The van der Waals surface area contributed by atoms with Gasteiger partial charge >= 0.3 is 11.9 Å². The first-order valence-corrected chi connectivity index (χ1v) is 7.10. The van der Waals surface area contributed by atoms with Gasteiger partial charge in [-0.25, -0.2) is 9.18 Å². The van der Waals surface area contributed by atoms with Crippen LogP contribution in [0.25, 0.3) is 10.9 Å². The molecule has 0 bridgehead atoms. The van der Waals surface area contributed by atoms with Crippen LogP contribution in [-0.2, 0) is 6.18 Å². The Hall–Kier alpha value is -2.25. The number of rotatable bonds is 1. The third-order valence-corrected chi connectivity index (χ3v) is 4.00. The highest BCUT2D eigenvalue weighted by Gasteiger charge is 2.36. The van der Waals surface area contributed by atoms with Crippen LogP contribution < -0.4 is 5.69 Å².